The van der Waals surface area contributed by atoms with Gasteiger partial charge in [-0.05, 0) is 25.2 Å². The standard InChI is InChI=1S/C11H14FN2/c1-13-6-8-14(9-7-13)11-5-3-2-4-10(11)12/h3-5H,6-9H2,1H3. The molecule has 0 aliphatic carbocycles. The highest BCUT2D eigenvalue weighted by Crippen LogP contribution is 2.19. The lowest BCUT2D eigenvalue weighted by Crippen LogP contribution is -2.44. The van der Waals surface area contributed by atoms with Gasteiger partial charge in [0.25, 0.3) is 0 Å². The van der Waals surface area contributed by atoms with Crippen LogP contribution in [0.4, 0.5) is 10.1 Å². The molecule has 0 N–H and O–H groups in total. The molecule has 0 amide bonds. The summed E-state index contributed by atoms with van der Waals surface area (Å²) >= 11 is 0. The molecule has 0 spiro atoms. The topological polar surface area (TPSA) is 6.48 Å². The van der Waals surface area contributed by atoms with E-state index in [2.05, 4.69) is 22.9 Å². The van der Waals surface area contributed by atoms with Crippen LogP contribution >= 0.6 is 0 Å². The van der Waals surface area contributed by atoms with Gasteiger partial charge in [0.1, 0.15) is 5.82 Å². The first-order valence-corrected chi connectivity index (χ1v) is 4.86. The summed E-state index contributed by atoms with van der Waals surface area (Å²) in [5, 5.41) is 0. The molecule has 1 aromatic carbocycles. The smallest absolute Gasteiger partial charge is 0.147 e. The lowest BCUT2D eigenvalue weighted by atomic mass is 10.2. The summed E-state index contributed by atoms with van der Waals surface area (Å²) in [6, 6.07) is 7.69. The second-order valence-electron chi connectivity index (χ2n) is 3.67. The zero-order valence-electron chi connectivity index (χ0n) is 8.33. The number of likely N-dealkylation sites (N-methyl/N-ethyl adjacent to an activating group) is 1. The van der Waals surface area contributed by atoms with Gasteiger partial charge in [-0.15, -0.1) is 0 Å². The molecule has 1 aromatic rings. The van der Waals surface area contributed by atoms with E-state index >= 15 is 0 Å². The van der Waals surface area contributed by atoms with Crippen LogP contribution in [0.2, 0.25) is 0 Å². The summed E-state index contributed by atoms with van der Waals surface area (Å²) in [6.07, 6.45) is 0. The molecule has 0 saturated carbocycles. The van der Waals surface area contributed by atoms with Crippen molar-refractivity contribution in [3.63, 3.8) is 0 Å². The summed E-state index contributed by atoms with van der Waals surface area (Å²) in [5.74, 6) is -0.169. The molecule has 0 aromatic heterocycles. The van der Waals surface area contributed by atoms with Crippen LogP contribution in [0.15, 0.2) is 18.2 Å². The molecule has 0 atom stereocenters. The molecule has 75 valence electrons. The number of rotatable bonds is 1. The molecule has 2 nitrogen and oxygen atoms in total. The van der Waals surface area contributed by atoms with E-state index in [-0.39, 0.29) is 5.82 Å². The van der Waals surface area contributed by atoms with Crippen LogP contribution in [0.5, 0.6) is 0 Å². The number of hydrogen-bond acceptors (Lipinski definition) is 2. The Morgan fingerprint density at radius 3 is 2.64 bits per heavy atom. The summed E-state index contributed by atoms with van der Waals surface area (Å²) in [6.45, 7) is 3.80. The molecule has 3 heteroatoms. The highest BCUT2D eigenvalue weighted by Gasteiger charge is 2.16. The fourth-order valence-corrected chi connectivity index (χ4v) is 1.71. The first-order chi connectivity index (χ1) is 6.77. The van der Waals surface area contributed by atoms with E-state index in [0.29, 0.717) is 5.69 Å². The van der Waals surface area contributed by atoms with Crippen molar-refractivity contribution in [3.05, 3.63) is 30.1 Å². The second kappa shape index (κ2) is 3.96. The van der Waals surface area contributed by atoms with Crippen molar-refractivity contribution in [1.82, 2.24) is 4.90 Å². The molecule has 1 radical (unpaired) electrons. The van der Waals surface area contributed by atoms with Gasteiger partial charge in [-0.25, -0.2) is 4.39 Å². The zero-order valence-corrected chi connectivity index (χ0v) is 8.33. The SMILES string of the molecule is CN1CCN(c2cc[c]cc2F)CC1. The van der Waals surface area contributed by atoms with E-state index in [1.807, 2.05) is 0 Å². The predicted octanol–water partition coefficient (Wildman–Crippen LogP) is 1.38. The van der Waals surface area contributed by atoms with Crippen molar-refractivity contribution in [2.75, 3.05) is 38.1 Å². The van der Waals surface area contributed by atoms with E-state index in [0.717, 1.165) is 26.2 Å². The predicted molar refractivity (Wildman–Crippen MR) is 54.9 cm³/mol. The quantitative estimate of drug-likeness (QED) is 0.664. The van der Waals surface area contributed by atoms with E-state index in [1.165, 1.54) is 6.07 Å². The van der Waals surface area contributed by atoms with Gasteiger partial charge in [0, 0.05) is 26.2 Å². The molecule has 1 heterocycles. The van der Waals surface area contributed by atoms with Gasteiger partial charge in [0.15, 0.2) is 0 Å². The molecular weight excluding hydrogens is 179 g/mol. The normalized spacial score (nSPS) is 18.6. The van der Waals surface area contributed by atoms with Crippen LogP contribution < -0.4 is 4.90 Å². The Morgan fingerprint density at radius 2 is 2.00 bits per heavy atom. The van der Waals surface area contributed by atoms with Crippen LogP contribution in [-0.4, -0.2) is 38.1 Å². The van der Waals surface area contributed by atoms with Gasteiger partial charge in [0.05, 0.1) is 5.69 Å². The molecule has 0 unspecified atom stereocenters. The minimum absolute atomic E-state index is 0.169. The van der Waals surface area contributed by atoms with Crippen LogP contribution in [0.1, 0.15) is 0 Å². The monoisotopic (exact) mass is 193 g/mol. The molecule has 14 heavy (non-hydrogen) atoms. The van der Waals surface area contributed by atoms with E-state index in [4.69, 9.17) is 0 Å². The Balaban J connectivity index is 2.12. The fourth-order valence-electron chi connectivity index (χ4n) is 1.71. The van der Waals surface area contributed by atoms with Crippen molar-refractivity contribution in [2.24, 2.45) is 0 Å². The summed E-state index contributed by atoms with van der Waals surface area (Å²) < 4.78 is 13.4. The van der Waals surface area contributed by atoms with Crippen LogP contribution in [0.3, 0.4) is 0 Å². The number of piperazine rings is 1. The average molecular weight is 193 g/mol. The number of benzene rings is 1. The van der Waals surface area contributed by atoms with Gasteiger partial charge < -0.3 is 9.80 Å². The van der Waals surface area contributed by atoms with Gasteiger partial charge >= 0.3 is 0 Å². The maximum atomic E-state index is 13.4. The summed E-state index contributed by atoms with van der Waals surface area (Å²) in [4.78, 5) is 4.34. The summed E-state index contributed by atoms with van der Waals surface area (Å²) in [7, 11) is 2.09. The number of hydrogen-bond donors (Lipinski definition) is 0. The van der Waals surface area contributed by atoms with Gasteiger partial charge in [-0.1, -0.05) is 6.07 Å². The Kier molecular flexibility index (Phi) is 2.68. The van der Waals surface area contributed by atoms with Crippen molar-refractivity contribution < 1.29 is 4.39 Å². The van der Waals surface area contributed by atoms with Gasteiger partial charge in [-0.2, -0.15) is 0 Å². The molecule has 0 bridgehead atoms. The van der Waals surface area contributed by atoms with Crippen LogP contribution in [0, 0.1) is 11.9 Å². The second-order valence-corrected chi connectivity index (χ2v) is 3.67. The highest BCUT2D eigenvalue weighted by atomic mass is 19.1. The fraction of sp³-hybridized carbons (Fsp3) is 0.455. The van der Waals surface area contributed by atoms with Crippen molar-refractivity contribution in [3.8, 4) is 0 Å². The molecule has 1 aliphatic rings. The number of anilines is 1. The Labute approximate surface area is 83.9 Å². The molecular formula is C11H14FN2. The lowest BCUT2D eigenvalue weighted by molar-refractivity contribution is 0.311. The first kappa shape index (κ1) is 9.46. The van der Waals surface area contributed by atoms with Gasteiger partial charge in [0.2, 0.25) is 0 Å². The Morgan fingerprint density at radius 1 is 1.29 bits per heavy atom. The molecule has 2 rings (SSSR count). The Hall–Kier alpha value is -1.09. The minimum atomic E-state index is -0.169. The molecule has 1 saturated heterocycles. The number of nitrogens with zero attached hydrogens (tertiary/aromatic N) is 2. The third kappa shape index (κ3) is 1.87. The minimum Gasteiger partial charge on any atom is -0.367 e. The van der Waals surface area contributed by atoms with Crippen LogP contribution in [-0.2, 0) is 0 Å². The Bertz CT molecular complexity index is 306. The van der Waals surface area contributed by atoms with E-state index in [9.17, 15) is 4.39 Å². The average Bonchev–Trinajstić information content (AvgIpc) is 2.20. The first-order valence-electron chi connectivity index (χ1n) is 4.86. The third-order valence-corrected chi connectivity index (χ3v) is 2.64. The maximum absolute atomic E-state index is 13.4. The zero-order chi connectivity index (χ0) is 9.97. The van der Waals surface area contributed by atoms with E-state index < -0.39 is 0 Å². The van der Waals surface area contributed by atoms with Crippen molar-refractivity contribution in [2.45, 2.75) is 0 Å². The van der Waals surface area contributed by atoms with Crippen LogP contribution in [0.25, 0.3) is 0 Å². The molecule has 1 aliphatic heterocycles. The molecule has 1 fully saturated rings. The number of halogens is 1. The van der Waals surface area contributed by atoms with E-state index in [1.54, 1.807) is 12.1 Å². The van der Waals surface area contributed by atoms with Gasteiger partial charge in [-0.3, -0.25) is 0 Å². The third-order valence-electron chi connectivity index (χ3n) is 2.64. The lowest BCUT2D eigenvalue weighted by Gasteiger charge is -2.34. The maximum Gasteiger partial charge on any atom is 0.147 e. The van der Waals surface area contributed by atoms with Crippen molar-refractivity contribution >= 4 is 5.69 Å². The van der Waals surface area contributed by atoms with Crippen molar-refractivity contribution in [1.29, 1.82) is 0 Å². The summed E-state index contributed by atoms with van der Waals surface area (Å²) in [5.41, 5.74) is 0.705. The highest BCUT2D eigenvalue weighted by molar-refractivity contribution is 5.47. The largest absolute Gasteiger partial charge is 0.367 e.